The molecule has 0 aliphatic heterocycles. The molecule has 7 nitrogen and oxygen atoms in total. The lowest BCUT2D eigenvalue weighted by Crippen LogP contribution is -2.17. The van der Waals surface area contributed by atoms with Crippen LogP contribution >= 0.6 is 0 Å². The predicted molar refractivity (Wildman–Crippen MR) is 68.2 cm³/mol. The summed E-state index contributed by atoms with van der Waals surface area (Å²) in [6.45, 7) is 2.85. The fourth-order valence-corrected chi connectivity index (χ4v) is 2.15. The monoisotopic (exact) mass is 251 g/mol. The molecule has 0 spiro atoms. The van der Waals surface area contributed by atoms with Gasteiger partial charge in [0, 0.05) is 6.54 Å². The van der Waals surface area contributed by atoms with Crippen molar-refractivity contribution in [2.75, 3.05) is 17.6 Å². The van der Waals surface area contributed by atoms with Crippen molar-refractivity contribution in [2.24, 2.45) is 5.41 Å². The number of aromatic nitrogens is 2. The molecule has 0 atom stereocenters. The molecule has 7 heteroatoms. The molecular formula is C11H17N5O2. The first-order valence-corrected chi connectivity index (χ1v) is 6.07. The molecule has 0 saturated heterocycles. The highest BCUT2D eigenvalue weighted by Gasteiger charge is 2.41. The lowest BCUT2D eigenvalue weighted by atomic mass is 10.0. The van der Waals surface area contributed by atoms with E-state index in [1.165, 1.54) is 12.8 Å². The lowest BCUT2D eigenvalue weighted by molar-refractivity contribution is -0.384. The first-order valence-electron chi connectivity index (χ1n) is 6.07. The highest BCUT2D eigenvalue weighted by molar-refractivity contribution is 5.56. The zero-order valence-corrected chi connectivity index (χ0v) is 10.3. The van der Waals surface area contributed by atoms with Gasteiger partial charge in [-0.25, -0.2) is 4.98 Å². The van der Waals surface area contributed by atoms with E-state index in [-0.39, 0.29) is 17.5 Å². The minimum Gasteiger partial charge on any atom is -0.368 e. The summed E-state index contributed by atoms with van der Waals surface area (Å²) in [7, 11) is 0. The Labute approximate surface area is 105 Å². The lowest BCUT2D eigenvalue weighted by Gasteiger charge is -2.15. The normalized spacial score (nSPS) is 16.3. The molecule has 1 aliphatic rings. The molecule has 0 amide bonds. The van der Waals surface area contributed by atoms with Gasteiger partial charge in [-0.1, -0.05) is 13.3 Å². The van der Waals surface area contributed by atoms with Crippen LogP contribution in [-0.2, 0) is 0 Å². The molecule has 18 heavy (non-hydrogen) atoms. The maximum absolute atomic E-state index is 10.8. The van der Waals surface area contributed by atoms with E-state index in [0.29, 0.717) is 12.0 Å². The van der Waals surface area contributed by atoms with Gasteiger partial charge in [0.1, 0.15) is 6.20 Å². The fourth-order valence-electron chi connectivity index (χ4n) is 2.15. The predicted octanol–water partition coefficient (Wildman–Crippen LogP) is 1.96. The molecule has 1 heterocycles. The zero-order chi connectivity index (χ0) is 13.2. The number of hydrogen-bond donors (Lipinski definition) is 2. The van der Waals surface area contributed by atoms with Crippen LogP contribution in [0.25, 0.3) is 0 Å². The maximum Gasteiger partial charge on any atom is 0.329 e. The molecule has 2 rings (SSSR count). The average molecular weight is 251 g/mol. The summed E-state index contributed by atoms with van der Waals surface area (Å²) < 4.78 is 0. The summed E-state index contributed by atoms with van der Waals surface area (Å²) in [6, 6.07) is 0. The van der Waals surface area contributed by atoms with Crippen molar-refractivity contribution in [3.05, 3.63) is 16.3 Å². The third-order valence-corrected chi connectivity index (χ3v) is 3.35. The summed E-state index contributed by atoms with van der Waals surface area (Å²) in [5.74, 6) is 0.262. The molecule has 1 aliphatic carbocycles. The van der Waals surface area contributed by atoms with Crippen molar-refractivity contribution in [2.45, 2.75) is 32.6 Å². The smallest absolute Gasteiger partial charge is 0.329 e. The Bertz CT molecular complexity index is 459. The van der Waals surface area contributed by atoms with Crippen LogP contribution in [0.3, 0.4) is 0 Å². The Hall–Kier alpha value is -1.92. The number of nitro groups is 1. The first-order chi connectivity index (χ1) is 8.56. The van der Waals surface area contributed by atoms with Crippen molar-refractivity contribution in [1.29, 1.82) is 0 Å². The topological polar surface area (TPSA) is 107 Å². The molecule has 1 saturated carbocycles. The van der Waals surface area contributed by atoms with Gasteiger partial charge in [-0.2, -0.15) is 4.98 Å². The van der Waals surface area contributed by atoms with Crippen molar-refractivity contribution >= 4 is 17.5 Å². The Balaban J connectivity index is 2.08. The van der Waals surface area contributed by atoms with E-state index in [1.807, 2.05) is 0 Å². The van der Waals surface area contributed by atoms with Crippen molar-refractivity contribution < 1.29 is 4.92 Å². The van der Waals surface area contributed by atoms with Crippen LogP contribution in [0.5, 0.6) is 0 Å². The third kappa shape index (κ3) is 2.66. The van der Waals surface area contributed by atoms with Crippen LogP contribution in [0.15, 0.2) is 6.20 Å². The highest BCUT2D eigenvalue weighted by Crippen LogP contribution is 2.49. The second-order valence-electron chi connectivity index (χ2n) is 4.82. The number of anilines is 2. The zero-order valence-electron chi connectivity index (χ0n) is 10.3. The van der Waals surface area contributed by atoms with E-state index in [0.717, 1.165) is 19.0 Å². The van der Waals surface area contributed by atoms with Gasteiger partial charge in [-0.15, -0.1) is 0 Å². The number of nitrogens with two attached hydrogens (primary N) is 1. The van der Waals surface area contributed by atoms with Gasteiger partial charge < -0.3 is 11.1 Å². The van der Waals surface area contributed by atoms with E-state index in [4.69, 9.17) is 5.73 Å². The molecule has 1 fully saturated rings. The Morgan fingerprint density at radius 3 is 2.89 bits per heavy atom. The maximum atomic E-state index is 10.8. The molecule has 98 valence electrons. The number of nitrogen functional groups attached to an aromatic ring is 1. The van der Waals surface area contributed by atoms with Gasteiger partial charge in [-0.05, 0) is 24.7 Å². The number of hydrogen-bond acceptors (Lipinski definition) is 6. The molecule has 1 aromatic heterocycles. The van der Waals surface area contributed by atoms with E-state index < -0.39 is 4.92 Å². The molecule has 0 bridgehead atoms. The molecule has 0 unspecified atom stereocenters. The minimum atomic E-state index is -0.499. The SMILES string of the molecule is CCCC1(CNc2nc(N)ncc2[N+](=O)[O-])CC1. The molecule has 0 radical (unpaired) electrons. The standard InChI is InChI=1S/C11H17N5O2/c1-2-3-11(4-5-11)7-14-9-8(16(17)18)6-13-10(12)15-9/h6H,2-5,7H2,1H3,(H3,12,13,14,15). The highest BCUT2D eigenvalue weighted by atomic mass is 16.6. The summed E-state index contributed by atoms with van der Waals surface area (Å²) >= 11 is 0. The van der Waals surface area contributed by atoms with Gasteiger partial charge >= 0.3 is 5.69 Å². The van der Waals surface area contributed by atoms with Crippen LogP contribution in [-0.4, -0.2) is 21.4 Å². The number of nitrogens with one attached hydrogen (secondary N) is 1. The quantitative estimate of drug-likeness (QED) is 0.591. The number of nitrogens with zero attached hydrogens (tertiary/aromatic N) is 3. The van der Waals surface area contributed by atoms with E-state index >= 15 is 0 Å². The van der Waals surface area contributed by atoms with Gasteiger partial charge in [0.05, 0.1) is 4.92 Å². The van der Waals surface area contributed by atoms with Crippen LogP contribution < -0.4 is 11.1 Å². The Kier molecular flexibility index (Phi) is 3.31. The van der Waals surface area contributed by atoms with Crippen molar-refractivity contribution in [1.82, 2.24) is 9.97 Å². The molecular weight excluding hydrogens is 234 g/mol. The second-order valence-corrected chi connectivity index (χ2v) is 4.82. The van der Waals surface area contributed by atoms with Crippen LogP contribution in [0.2, 0.25) is 0 Å². The molecule has 3 N–H and O–H groups in total. The molecule has 1 aromatic rings. The first kappa shape index (κ1) is 12.5. The summed E-state index contributed by atoms with van der Waals surface area (Å²) in [5.41, 5.74) is 5.62. The van der Waals surface area contributed by atoms with Gasteiger partial charge in [0.25, 0.3) is 0 Å². The van der Waals surface area contributed by atoms with E-state index in [1.54, 1.807) is 0 Å². The van der Waals surface area contributed by atoms with Crippen molar-refractivity contribution in [3.63, 3.8) is 0 Å². The van der Waals surface area contributed by atoms with E-state index in [2.05, 4.69) is 22.2 Å². The Morgan fingerprint density at radius 1 is 1.61 bits per heavy atom. The number of rotatable bonds is 6. The third-order valence-electron chi connectivity index (χ3n) is 3.35. The van der Waals surface area contributed by atoms with Crippen molar-refractivity contribution in [3.8, 4) is 0 Å². The minimum absolute atomic E-state index is 0.0449. The Morgan fingerprint density at radius 2 is 2.33 bits per heavy atom. The molecule has 0 aromatic carbocycles. The van der Waals surface area contributed by atoms with Gasteiger partial charge in [-0.3, -0.25) is 10.1 Å². The second kappa shape index (κ2) is 4.75. The van der Waals surface area contributed by atoms with Gasteiger partial charge in [0.15, 0.2) is 0 Å². The summed E-state index contributed by atoms with van der Waals surface area (Å²) in [6.07, 6.45) is 5.73. The summed E-state index contributed by atoms with van der Waals surface area (Å²) in [4.78, 5) is 17.9. The van der Waals surface area contributed by atoms with Crippen LogP contribution in [0.4, 0.5) is 17.5 Å². The fraction of sp³-hybridized carbons (Fsp3) is 0.636. The van der Waals surface area contributed by atoms with Crippen LogP contribution in [0.1, 0.15) is 32.6 Å². The summed E-state index contributed by atoms with van der Waals surface area (Å²) in [5, 5.41) is 13.9. The van der Waals surface area contributed by atoms with Gasteiger partial charge in [0.2, 0.25) is 11.8 Å². The largest absolute Gasteiger partial charge is 0.368 e. The van der Waals surface area contributed by atoms with E-state index in [9.17, 15) is 10.1 Å². The average Bonchev–Trinajstić information content (AvgIpc) is 3.07. The van der Waals surface area contributed by atoms with Crippen LogP contribution in [0, 0.1) is 15.5 Å².